The van der Waals surface area contributed by atoms with Crippen molar-refractivity contribution in [3.05, 3.63) is 172 Å². The van der Waals surface area contributed by atoms with Crippen LogP contribution in [0.5, 0.6) is 17.2 Å². The number of aliphatic imine (C=N–C) groups is 2. The van der Waals surface area contributed by atoms with Gasteiger partial charge in [-0.1, -0.05) is 121 Å². The zero-order chi connectivity index (χ0) is 48.9. The molecule has 348 valence electrons. The van der Waals surface area contributed by atoms with Gasteiger partial charge >= 0.3 is 0 Å². The molecule has 0 atom stereocenters. The molecule has 0 unspecified atom stereocenters. The van der Waals surface area contributed by atoms with Crippen molar-refractivity contribution in [3.63, 3.8) is 0 Å². The van der Waals surface area contributed by atoms with Gasteiger partial charge in [-0.25, -0.2) is 9.98 Å². The Morgan fingerprint density at radius 1 is 0.522 bits per heavy atom. The zero-order valence-electron chi connectivity index (χ0n) is 39.0. The average molecular weight is 1020 g/mol. The van der Waals surface area contributed by atoms with Crippen molar-refractivity contribution in [2.24, 2.45) is 9.98 Å². The molecule has 16 heteroatoms. The number of nitrogens with zero attached hydrogens (tertiary/aromatic N) is 5. The van der Waals surface area contributed by atoms with Crippen LogP contribution in [0.25, 0.3) is 0 Å². The Bertz CT molecular complexity index is 2610. The maximum absolute atomic E-state index is 12.5. The van der Waals surface area contributed by atoms with E-state index >= 15 is 0 Å². The van der Waals surface area contributed by atoms with Crippen LogP contribution < -0.4 is 15.2 Å². The van der Waals surface area contributed by atoms with Crippen LogP contribution in [0.15, 0.2) is 135 Å². The lowest BCUT2D eigenvalue weighted by atomic mass is 10.0. The second-order valence-corrected chi connectivity index (χ2v) is 20.0. The van der Waals surface area contributed by atoms with Gasteiger partial charge in [-0.15, -0.1) is 34.0 Å². The Kier molecular flexibility index (Phi) is 18.2. The number of benzene rings is 4. The summed E-state index contributed by atoms with van der Waals surface area (Å²) in [6.45, 7) is 3.73. The Hall–Kier alpha value is -6.59. The number of nitrogen functional groups attached to an aromatic ring is 1. The van der Waals surface area contributed by atoms with Crippen LogP contribution in [0.3, 0.4) is 0 Å². The lowest BCUT2D eigenvalue weighted by Crippen LogP contribution is -2.21. The lowest BCUT2D eigenvalue weighted by Gasteiger charge is -2.11. The summed E-state index contributed by atoms with van der Waals surface area (Å²) in [6.07, 6.45) is 0. The number of methoxy groups -OCH3 is 2. The normalized spacial score (nSPS) is 10.3. The van der Waals surface area contributed by atoms with Crippen molar-refractivity contribution < 1.29 is 29.0 Å². The van der Waals surface area contributed by atoms with Crippen molar-refractivity contribution >= 4 is 96.1 Å². The molecule has 3 amide bonds. The highest BCUT2D eigenvalue weighted by molar-refractivity contribution is 9.11. The molecule has 3 heterocycles. The van der Waals surface area contributed by atoms with Crippen LogP contribution in [0.1, 0.15) is 61.0 Å². The molecule has 0 aliphatic rings. The fourth-order valence-electron chi connectivity index (χ4n) is 6.28. The number of thiophene rings is 3. The van der Waals surface area contributed by atoms with Gasteiger partial charge in [0.2, 0.25) is 0 Å². The molecular formula is C51H53BrN6O6S3. The number of halogens is 1. The van der Waals surface area contributed by atoms with Crippen LogP contribution in [-0.2, 0) is 0 Å². The quantitative estimate of drug-likeness (QED) is 0.122. The Labute approximate surface area is 412 Å². The smallest absolute Gasteiger partial charge is 0.267 e. The number of carbonyl (C=O) groups is 3. The second-order valence-electron chi connectivity index (χ2n) is 15.2. The molecular weight excluding hydrogens is 969 g/mol. The van der Waals surface area contributed by atoms with Crippen LogP contribution in [-0.4, -0.2) is 105 Å². The second kappa shape index (κ2) is 23.7. The number of aryl methyl sites for hydroxylation is 2. The fourth-order valence-corrected chi connectivity index (χ4v) is 10.1. The molecule has 3 N–H and O–H groups in total. The number of aromatic hydroxyl groups is 1. The third kappa shape index (κ3) is 12.5. The first kappa shape index (κ1) is 51.4. The number of nitrogens with two attached hydrogens (primary N) is 1. The Morgan fingerprint density at radius 2 is 0.836 bits per heavy atom. The number of carbonyl (C=O) groups excluding carboxylic acids is 3. The van der Waals surface area contributed by atoms with Gasteiger partial charge < -0.3 is 35.0 Å². The largest absolute Gasteiger partial charge is 0.504 e. The summed E-state index contributed by atoms with van der Waals surface area (Å²) in [7, 11) is 13.3. The molecule has 0 saturated carbocycles. The monoisotopic (exact) mass is 1020 g/mol. The fraction of sp³-hybridized carbons (Fsp3) is 0.196. The van der Waals surface area contributed by atoms with E-state index < -0.39 is 0 Å². The molecule has 7 rings (SSSR count). The molecule has 3 aromatic heterocycles. The highest BCUT2D eigenvalue weighted by Gasteiger charge is 2.26. The highest BCUT2D eigenvalue weighted by Crippen LogP contribution is 2.47. The predicted molar refractivity (Wildman–Crippen MR) is 280 cm³/mol. The molecule has 0 bridgehead atoms. The summed E-state index contributed by atoms with van der Waals surface area (Å²) in [6, 6.07) is 40.0. The summed E-state index contributed by atoms with van der Waals surface area (Å²) in [5.41, 5.74) is 12.8. The van der Waals surface area contributed by atoms with Gasteiger partial charge in [-0.3, -0.25) is 14.4 Å². The molecule has 7 aromatic rings. The van der Waals surface area contributed by atoms with Crippen molar-refractivity contribution in [1.29, 1.82) is 0 Å². The van der Waals surface area contributed by atoms with E-state index in [2.05, 4.69) is 15.9 Å². The minimum atomic E-state index is -0.220. The number of amides is 3. The maximum Gasteiger partial charge on any atom is 0.267 e. The third-order valence-electron chi connectivity index (χ3n) is 9.76. The first-order valence-corrected chi connectivity index (χ1v) is 23.9. The first-order chi connectivity index (χ1) is 32.0. The Balaban J connectivity index is 0.000000200. The number of anilines is 1. The predicted octanol–water partition coefficient (Wildman–Crippen LogP) is 11.4. The van der Waals surface area contributed by atoms with E-state index in [0.717, 1.165) is 47.2 Å². The summed E-state index contributed by atoms with van der Waals surface area (Å²) in [5, 5.41) is 9.48. The van der Waals surface area contributed by atoms with Crippen LogP contribution >= 0.6 is 49.9 Å². The standard InChI is InChI=1S/C22H22N2O2S.C21H19BrN2O2S.C8H12N2O2S/c1-15-18(20(26-4)21(27-15)22(25)24(2)3)23-19(16-11-7-5-8-12-16)17-13-9-6-10-14-17;1-24(2)21(25)19-18(26-3)17(20(22)27-19)23-16(14-10-6-4-7-11-14)15-12-8-5-9-13-15;1-4-5(9)6(11)7(13-4)8(12)10(2)3/h5-14H,1-4H3;4-13H,1-3H3;11H,9H2,1-3H3. The van der Waals surface area contributed by atoms with Gasteiger partial charge in [0.1, 0.15) is 29.8 Å². The van der Waals surface area contributed by atoms with E-state index in [4.69, 9.17) is 25.2 Å². The number of rotatable bonds is 11. The van der Waals surface area contributed by atoms with Crippen molar-refractivity contribution in [2.45, 2.75) is 13.8 Å². The number of ether oxygens (including phenoxy) is 2. The van der Waals surface area contributed by atoms with E-state index in [0.29, 0.717) is 43.2 Å². The molecule has 67 heavy (non-hydrogen) atoms. The van der Waals surface area contributed by atoms with E-state index in [1.807, 2.05) is 128 Å². The third-order valence-corrected chi connectivity index (χ3v) is 13.7. The van der Waals surface area contributed by atoms with Gasteiger partial charge in [-0.05, 0) is 29.8 Å². The summed E-state index contributed by atoms with van der Waals surface area (Å²) < 4.78 is 11.9. The van der Waals surface area contributed by atoms with Crippen LogP contribution in [0.2, 0.25) is 0 Å². The van der Waals surface area contributed by atoms with Crippen LogP contribution in [0.4, 0.5) is 17.1 Å². The lowest BCUT2D eigenvalue weighted by molar-refractivity contribution is 0.0822. The Morgan fingerprint density at radius 3 is 1.16 bits per heavy atom. The van der Waals surface area contributed by atoms with Crippen molar-refractivity contribution in [2.75, 3.05) is 62.2 Å². The molecule has 0 spiro atoms. The summed E-state index contributed by atoms with van der Waals surface area (Å²) >= 11 is 7.51. The highest BCUT2D eigenvalue weighted by atomic mass is 79.9. The maximum atomic E-state index is 12.5. The van der Waals surface area contributed by atoms with Crippen molar-refractivity contribution in [1.82, 2.24) is 14.7 Å². The zero-order valence-corrected chi connectivity index (χ0v) is 43.0. The SMILES string of the molecule is COc1c(C(=O)N(C)C)sc(Br)c1N=C(c1ccccc1)c1ccccc1.COc1c(C(=O)N(C)C)sc(C)c1N=C(c1ccccc1)c1ccccc1.Cc1sc(C(=O)N(C)C)c(O)c1N. The molecule has 0 fully saturated rings. The molecule has 4 aromatic carbocycles. The topological polar surface area (TPSA) is 150 Å². The molecule has 0 aliphatic heterocycles. The minimum absolute atomic E-state index is 0.0811. The van der Waals surface area contributed by atoms with E-state index in [-0.39, 0.29) is 23.5 Å². The van der Waals surface area contributed by atoms with Gasteiger partial charge in [0.15, 0.2) is 17.2 Å². The van der Waals surface area contributed by atoms with Gasteiger partial charge in [0.05, 0.1) is 31.3 Å². The average Bonchev–Trinajstić information content (AvgIpc) is 3.93. The van der Waals surface area contributed by atoms with Crippen molar-refractivity contribution in [3.8, 4) is 17.2 Å². The van der Waals surface area contributed by atoms with E-state index in [9.17, 15) is 19.5 Å². The molecule has 12 nitrogen and oxygen atoms in total. The van der Waals surface area contributed by atoms with Gasteiger partial charge in [-0.2, -0.15) is 0 Å². The number of hydrogen-bond acceptors (Lipinski definition) is 12. The summed E-state index contributed by atoms with van der Waals surface area (Å²) in [5.74, 6) is 0.501. The molecule has 0 saturated heterocycles. The summed E-state index contributed by atoms with van der Waals surface area (Å²) in [4.78, 5) is 54.0. The number of hydrogen-bond donors (Lipinski definition) is 2. The van der Waals surface area contributed by atoms with Crippen LogP contribution in [0, 0.1) is 13.8 Å². The van der Waals surface area contributed by atoms with Gasteiger partial charge in [0, 0.05) is 74.3 Å². The molecule has 0 aliphatic carbocycles. The minimum Gasteiger partial charge on any atom is -0.504 e. The molecule has 0 radical (unpaired) electrons. The van der Waals surface area contributed by atoms with E-state index in [1.165, 1.54) is 43.8 Å². The first-order valence-electron chi connectivity index (χ1n) is 20.7. The van der Waals surface area contributed by atoms with E-state index in [1.54, 1.807) is 68.3 Å². The van der Waals surface area contributed by atoms with Gasteiger partial charge in [0.25, 0.3) is 17.7 Å².